The number of nitrogens with two attached hydrogens (primary N) is 1. The second kappa shape index (κ2) is 7.24. The van der Waals surface area contributed by atoms with Crippen molar-refractivity contribution in [3.63, 3.8) is 0 Å². The summed E-state index contributed by atoms with van der Waals surface area (Å²) in [4.78, 5) is 27.5. The molecule has 7 heteroatoms. The lowest BCUT2D eigenvalue weighted by Gasteiger charge is -2.16. The molecule has 0 aliphatic carbocycles. The summed E-state index contributed by atoms with van der Waals surface area (Å²) in [6.45, 7) is 0. The van der Waals surface area contributed by atoms with Gasteiger partial charge < -0.3 is 11.1 Å². The van der Waals surface area contributed by atoms with Crippen molar-refractivity contribution in [1.29, 1.82) is 0 Å². The third-order valence-electron chi connectivity index (χ3n) is 2.99. The number of carbonyl (C=O) groups excluding carboxylic acids is 2. The van der Waals surface area contributed by atoms with Crippen LogP contribution in [0.5, 0.6) is 0 Å². The van der Waals surface area contributed by atoms with Crippen molar-refractivity contribution in [3.05, 3.63) is 63.9 Å². The molecule has 0 saturated carbocycles. The summed E-state index contributed by atoms with van der Waals surface area (Å²) < 4.78 is 0. The Morgan fingerprint density at radius 1 is 1.23 bits per heavy atom. The van der Waals surface area contributed by atoms with E-state index in [9.17, 15) is 9.59 Å². The van der Waals surface area contributed by atoms with Crippen LogP contribution in [0.4, 0.5) is 0 Å². The first kappa shape index (κ1) is 16.3. The summed E-state index contributed by atoms with van der Waals surface area (Å²) >= 11 is 11.9. The van der Waals surface area contributed by atoms with Gasteiger partial charge in [-0.15, -0.1) is 0 Å². The summed E-state index contributed by atoms with van der Waals surface area (Å²) in [5.74, 6) is -1.13. The van der Waals surface area contributed by atoms with E-state index >= 15 is 0 Å². The average molecular weight is 338 g/mol. The fraction of sp³-hybridized carbons (Fsp3) is 0.133. The molecule has 0 aliphatic rings. The largest absolute Gasteiger partial charge is 0.368 e. The van der Waals surface area contributed by atoms with E-state index in [4.69, 9.17) is 28.9 Å². The highest BCUT2D eigenvalue weighted by molar-refractivity contribution is 6.35. The SMILES string of the molecule is NC(=O)[C@@H](Cc1ccc(Cl)cc1Cl)NC(=O)c1ccccn1. The predicted molar refractivity (Wildman–Crippen MR) is 84.9 cm³/mol. The topological polar surface area (TPSA) is 85.1 Å². The average Bonchev–Trinajstić information content (AvgIpc) is 2.49. The first-order chi connectivity index (χ1) is 10.5. The van der Waals surface area contributed by atoms with Crippen LogP contribution in [-0.2, 0) is 11.2 Å². The zero-order valence-corrected chi connectivity index (χ0v) is 12.9. The number of pyridine rings is 1. The van der Waals surface area contributed by atoms with Crippen LogP contribution in [0.25, 0.3) is 0 Å². The highest BCUT2D eigenvalue weighted by Crippen LogP contribution is 2.22. The van der Waals surface area contributed by atoms with Gasteiger partial charge in [0.25, 0.3) is 5.91 Å². The van der Waals surface area contributed by atoms with E-state index in [1.165, 1.54) is 6.20 Å². The van der Waals surface area contributed by atoms with Gasteiger partial charge in [-0.3, -0.25) is 14.6 Å². The number of halogens is 2. The van der Waals surface area contributed by atoms with E-state index in [2.05, 4.69) is 10.3 Å². The zero-order valence-electron chi connectivity index (χ0n) is 11.4. The maximum absolute atomic E-state index is 12.1. The first-order valence-electron chi connectivity index (χ1n) is 6.42. The summed E-state index contributed by atoms with van der Waals surface area (Å²) in [7, 11) is 0. The van der Waals surface area contributed by atoms with E-state index in [0.717, 1.165) is 0 Å². The van der Waals surface area contributed by atoms with Gasteiger partial charge in [-0.2, -0.15) is 0 Å². The Kier molecular flexibility index (Phi) is 5.35. The Bertz CT molecular complexity index is 692. The molecule has 2 amide bonds. The van der Waals surface area contributed by atoms with Gasteiger partial charge in [0, 0.05) is 22.7 Å². The molecule has 22 heavy (non-hydrogen) atoms. The van der Waals surface area contributed by atoms with Crippen LogP contribution in [0.3, 0.4) is 0 Å². The summed E-state index contributed by atoms with van der Waals surface area (Å²) in [5.41, 5.74) is 6.22. The van der Waals surface area contributed by atoms with E-state index in [-0.39, 0.29) is 12.1 Å². The van der Waals surface area contributed by atoms with Crippen LogP contribution in [0, 0.1) is 0 Å². The molecule has 1 atom stereocenters. The predicted octanol–water partition coefficient (Wildman–Crippen LogP) is 2.21. The lowest BCUT2D eigenvalue weighted by atomic mass is 10.1. The lowest BCUT2D eigenvalue weighted by molar-refractivity contribution is -0.119. The molecule has 0 aliphatic heterocycles. The Morgan fingerprint density at radius 2 is 2.00 bits per heavy atom. The molecule has 1 aromatic heterocycles. The van der Waals surface area contributed by atoms with Crippen molar-refractivity contribution in [2.45, 2.75) is 12.5 Å². The number of hydrogen-bond donors (Lipinski definition) is 2. The molecule has 0 bridgehead atoms. The number of aromatic nitrogens is 1. The van der Waals surface area contributed by atoms with Crippen LogP contribution in [0.1, 0.15) is 16.1 Å². The van der Waals surface area contributed by atoms with Crippen LogP contribution < -0.4 is 11.1 Å². The second-order valence-corrected chi connectivity index (χ2v) is 5.43. The summed E-state index contributed by atoms with van der Waals surface area (Å²) in [5, 5.41) is 3.45. The third-order valence-corrected chi connectivity index (χ3v) is 3.57. The second-order valence-electron chi connectivity index (χ2n) is 4.58. The fourth-order valence-electron chi connectivity index (χ4n) is 1.86. The number of nitrogens with one attached hydrogen (secondary N) is 1. The molecule has 3 N–H and O–H groups in total. The van der Waals surface area contributed by atoms with Gasteiger partial charge in [0.1, 0.15) is 11.7 Å². The third kappa shape index (κ3) is 4.19. The van der Waals surface area contributed by atoms with Crippen molar-refractivity contribution in [3.8, 4) is 0 Å². The van der Waals surface area contributed by atoms with E-state index in [0.29, 0.717) is 15.6 Å². The van der Waals surface area contributed by atoms with E-state index in [1.54, 1.807) is 36.4 Å². The molecule has 2 aromatic rings. The van der Waals surface area contributed by atoms with Gasteiger partial charge in [-0.05, 0) is 29.8 Å². The quantitative estimate of drug-likeness (QED) is 0.877. The molecule has 1 heterocycles. The van der Waals surface area contributed by atoms with Gasteiger partial charge in [0.05, 0.1) is 0 Å². The van der Waals surface area contributed by atoms with Crippen LogP contribution in [-0.4, -0.2) is 22.8 Å². The van der Waals surface area contributed by atoms with Crippen molar-refractivity contribution in [2.24, 2.45) is 5.73 Å². The molecular formula is C15H13Cl2N3O2. The van der Waals surface area contributed by atoms with Gasteiger partial charge in [-0.25, -0.2) is 0 Å². The molecule has 0 spiro atoms. The lowest BCUT2D eigenvalue weighted by Crippen LogP contribution is -2.46. The highest BCUT2D eigenvalue weighted by atomic mass is 35.5. The monoisotopic (exact) mass is 337 g/mol. The van der Waals surface area contributed by atoms with Gasteiger partial charge >= 0.3 is 0 Å². The van der Waals surface area contributed by atoms with Crippen molar-refractivity contribution in [1.82, 2.24) is 10.3 Å². The highest BCUT2D eigenvalue weighted by Gasteiger charge is 2.21. The molecule has 5 nitrogen and oxygen atoms in total. The number of amides is 2. The van der Waals surface area contributed by atoms with Crippen LogP contribution >= 0.6 is 23.2 Å². The molecule has 1 aromatic carbocycles. The number of nitrogens with zero attached hydrogens (tertiary/aromatic N) is 1. The number of rotatable bonds is 5. The fourth-order valence-corrected chi connectivity index (χ4v) is 2.34. The van der Waals surface area contributed by atoms with E-state index < -0.39 is 17.9 Å². The maximum Gasteiger partial charge on any atom is 0.270 e. The molecule has 0 saturated heterocycles. The molecule has 0 fully saturated rings. The number of hydrogen-bond acceptors (Lipinski definition) is 3. The van der Waals surface area contributed by atoms with Crippen molar-refractivity contribution < 1.29 is 9.59 Å². The minimum Gasteiger partial charge on any atom is -0.368 e. The molecule has 2 rings (SSSR count). The standard InChI is InChI=1S/C15H13Cl2N3O2/c16-10-5-4-9(11(17)8-10)7-13(14(18)21)20-15(22)12-3-1-2-6-19-12/h1-6,8,13H,7H2,(H2,18,21)(H,20,22)/t13-/m1/s1. The first-order valence-corrected chi connectivity index (χ1v) is 7.18. The zero-order chi connectivity index (χ0) is 16.1. The van der Waals surface area contributed by atoms with Crippen LogP contribution in [0.15, 0.2) is 42.6 Å². The number of carbonyl (C=O) groups is 2. The maximum atomic E-state index is 12.1. The van der Waals surface area contributed by atoms with Crippen molar-refractivity contribution in [2.75, 3.05) is 0 Å². The number of benzene rings is 1. The Balaban J connectivity index is 2.14. The molecular weight excluding hydrogens is 325 g/mol. The minimum atomic E-state index is -0.895. The minimum absolute atomic E-state index is 0.171. The number of primary amides is 1. The van der Waals surface area contributed by atoms with Gasteiger partial charge in [0.2, 0.25) is 5.91 Å². The van der Waals surface area contributed by atoms with Gasteiger partial charge in [0.15, 0.2) is 0 Å². The smallest absolute Gasteiger partial charge is 0.270 e. The summed E-state index contributed by atoms with van der Waals surface area (Å²) in [6, 6.07) is 8.93. The van der Waals surface area contributed by atoms with Crippen LogP contribution in [0.2, 0.25) is 10.0 Å². The van der Waals surface area contributed by atoms with Gasteiger partial charge in [-0.1, -0.05) is 35.3 Å². The molecule has 0 unspecified atom stereocenters. The Labute approximate surface area is 137 Å². The summed E-state index contributed by atoms with van der Waals surface area (Å²) in [6.07, 6.45) is 1.66. The normalized spacial score (nSPS) is 11.7. The Hall–Kier alpha value is -2.11. The van der Waals surface area contributed by atoms with Crippen molar-refractivity contribution >= 4 is 35.0 Å². The molecule has 114 valence electrons. The Morgan fingerprint density at radius 3 is 2.59 bits per heavy atom. The van der Waals surface area contributed by atoms with E-state index in [1.807, 2.05) is 0 Å². The molecule has 0 radical (unpaired) electrons.